The molecule has 2 aliphatic rings. The van der Waals surface area contributed by atoms with E-state index in [-0.39, 0.29) is 81.5 Å². The van der Waals surface area contributed by atoms with E-state index in [1.54, 1.807) is 17.0 Å². The van der Waals surface area contributed by atoms with E-state index in [4.69, 9.17) is 9.84 Å². The summed E-state index contributed by atoms with van der Waals surface area (Å²) in [5.41, 5.74) is -0.913. The second kappa shape index (κ2) is 19.3. The molecular formula is C48H48N6O11. The van der Waals surface area contributed by atoms with Gasteiger partial charge in [0.25, 0.3) is 27.6 Å². The largest absolute Gasteiger partial charge is 0.505 e. The number of aromatic hydroxyl groups is 2. The van der Waals surface area contributed by atoms with Crippen LogP contribution in [-0.4, -0.2) is 69.8 Å². The van der Waals surface area contributed by atoms with E-state index >= 15 is 0 Å². The van der Waals surface area contributed by atoms with Gasteiger partial charge in [-0.1, -0.05) is 86.6 Å². The Kier molecular flexibility index (Phi) is 13.4. The number of piperidine rings is 1. The number of nitrogens with one attached hydrogen (secondary N) is 5. The zero-order valence-corrected chi connectivity index (χ0v) is 35.6. The Hall–Kier alpha value is -7.79. The number of hydrogen-bond donors (Lipinski definition) is 8. The monoisotopic (exact) mass is 884 g/mol. The molecule has 6 aromatic carbocycles. The van der Waals surface area contributed by atoms with Crippen molar-refractivity contribution in [2.24, 2.45) is 0 Å². The number of morpholine rings is 1. The maximum absolute atomic E-state index is 13.3. The van der Waals surface area contributed by atoms with Gasteiger partial charge in [0.15, 0.2) is 11.5 Å². The number of phenols is 2. The average Bonchev–Trinajstić information content (AvgIpc) is 3.32. The number of para-hydroxylation sites is 2. The average molecular weight is 885 g/mol. The lowest BCUT2D eigenvalue weighted by molar-refractivity contribution is -0.137. The lowest BCUT2D eigenvalue weighted by Gasteiger charge is -2.44. The number of nitrogens with zero attached hydrogens (tertiary/aromatic N) is 1. The zero-order valence-electron chi connectivity index (χ0n) is 35.6. The molecule has 0 bridgehead atoms. The fourth-order valence-corrected chi connectivity index (χ4v) is 8.05. The summed E-state index contributed by atoms with van der Waals surface area (Å²) in [6.45, 7) is 5.17. The summed E-state index contributed by atoms with van der Waals surface area (Å²) in [6, 6.07) is 27.5. The number of hydrogen-bond acceptors (Lipinski definition) is 14. The third-order valence-corrected chi connectivity index (χ3v) is 11.8. The number of carbonyl (C=O) groups excluding carboxylic acids is 2. The number of carboxylic acid groups (broad SMARTS) is 1. The third kappa shape index (κ3) is 9.45. The molecule has 0 radical (unpaired) electrons. The van der Waals surface area contributed by atoms with E-state index in [0.29, 0.717) is 45.4 Å². The number of rotatable bonds is 14. The van der Waals surface area contributed by atoms with Crippen LogP contribution in [0.1, 0.15) is 83.5 Å². The van der Waals surface area contributed by atoms with Crippen LogP contribution in [0.2, 0.25) is 0 Å². The highest BCUT2D eigenvalue weighted by molar-refractivity contribution is 5.99. The van der Waals surface area contributed by atoms with E-state index in [1.807, 2.05) is 74.5 Å². The highest BCUT2D eigenvalue weighted by Gasteiger charge is 2.40. The molecule has 6 aromatic rings. The van der Waals surface area contributed by atoms with Crippen molar-refractivity contribution in [3.05, 3.63) is 160 Å². The molecule has 2 heterocycles. The van der Waals surface area contributed by atoms with Crippen molar-refractivity contribution >= 4 is 51.9 Å². The number of likely N-dealkylation sites (tertiary alicyclic amines) is 1. The number of amides is 2. The minimum absolute atomic E-state index is 0.00669. The van der Waals surface area contributed by atoms with Crippen molar-refractivity contribution < 1.29 is 34.4 Å². The second-order valence-corrected chi connectivity index (χ2v) is 15.9. The molecular weight excluding hydrogens is 837 g/mol. The van der Waals surface area contributed by atoms with Gasteiger partial charge in [-0.15, -0.1) is 0 Å². The fourth-order valence-electron chi connectivity index (χ4n) is 8.05. The SMILES string of the molecule is CC[C@@H](Nc1c(Nc2cccc(C(=O)N3CCC4(CC3)COCC(=O)N4)c2O)c(=O)c1=O)c1ccccc1.CC[C@@H](Nc1c(Nc2cccc(C(=O)O)c2O)c(=O)c1=O)c1ccccc1. The normalized spacial score (nSPS) is 15.3. The van der Waals surface area contributed by atoms with Crippen molar-refractivity contribution in [3.8, 4) is 11.5 Å². The maximum Gasteiger partial charge on any atom is 0.339 e. The van der Waals surface area contributed by atoms with Crippen molar-refractivity contribution in [2.75, 3.05) is 47.6 Å². The summed E-state index contributed by atoms with van der Waals surface area (Å²) in [7, 11) is 0. The summed E-state index contributed by atoms with van der Waals surface area (Å²) in [5, 5.41) is 44.9. The van der Waals surface area contributed by atoms with Gasteiger partial charge >= 0.3 is 5.97 Å². The Labute approximate surface area is 372 Å². The smallest absolute Gasteiger partial charge is 0.339 e. The van der Waals surface area contributed by atoms with Gasteiger partial charge in [0, 0.05) is 13.1 Å². The molecule has 0 aliphatic carbocycles. The standard InChI is InChI=1S/C28H30N4O6.C20H18N2O5/c1-2-19(17-7-4-3-5-8-17)29-22-23(26(36)25(22)35)30-20-10-6-9-18(24(20)34)27(37)32-13-11-28(12-14-32)16-38-15-21(33)31-28;1-2-13(11-7-4-3-5-8-11)21-15-16(19(25)18(15)24)22-14-10-6-9-12(17(14)23)20(26)27/h3-10,19,29-30,34H,2,11-16H2,1H3,(H,31,33);3-10,13,21-23H,2H2,1H3,(H,26,27)/t19-;13-/m11/s1. The number of anilines is 6. The molecule has 8 rings (SSSR count). The molecule has 2 aliphatic heterocycles. The summed E-state index contributed by atoms with van der Waals surface area (Å²) in [6.07, 6.45) is 2.45. The van der Waals surface area contributed by atoms with E-state index in [9.17, 15) is 43.8 Å². The van der Waals surface area contributed by atoms with Crippen LogP contribution in [-0.2, 0) is 9.53 Å². The topological polar surface area (TPSA) is 253 Å². The quantitative estimate of drug-likeness (QED) is 0.0503. The van der Waals surface area contributed by atoms with Crippen molar-refractivity contribution in [1.82, 2.24) is 10.2 Å². The molecule has 336 valence electrons. The number of phenolic OH excluding ortho intramolecular Hbond substituents is 1. The Bertz CT molecular complexity index is 2860. The zero-order chi connectivity index (χ0) is 46.4. The van der Waals surface area contributed by atoms with Crippen LogP contribution < -0.4 is 48.3 Å². The molecule has 17 nitrogen and oxygen atoms in total. The number of benzene rings is 4. The van der Waals surface area contributed by atoms with Crippen molar-refractivity contribution in [3.63, 3.8) is 0 Å². The highest BCUT2D eigenvalue weighted by atomic mass is 16.5. The molecule has 65 heavy (non-hydrogen) atoms. The molecule has 2 fully saturated rings. The van der Waals surface area contributed by atoms with Crippen LogP contribution in [0.25, 0.3) is 0 Å². The number of carbonyl (C=O) groups is 3. The van der Waals surface area contributed by atoms with Gasteiger partial charge in [-0.2, -0.15) is 0 Å². The van der Waals surface area contributed by atoms with Crippen LogP contribution in [0.15, 0.2) is 116 Å². The summed E-state index contributed by atoms with van der Waals surface area (Å²) in [4.78, 5) is 86.7. The molecule has 17 heteroatoms. The van der Waals surface area contributed by atoms with Gasteiger partial charge < -0.3 is 51.5 Å². The summed E-state index contributed by atoms with van der Waals surface area (Å²) in [5.74, 6) is -2.62. The van der Waals surface area contributed by atoms with Crippen LogP contribution in [0.5, 0.6) is 11.5 Å². The first-order chi connectivity index (χ1) is 31.3. The lowest BCUT2D eigenvalue weighted by atomic mass is 9.87. The van der Waals surface area contributed by atoms with Gasteiger partial charge in [-0.3, -0.25) is 28.8 Å². The minimum atomic E-state index is -1.30. The number of ether oxygens (including phenoxy) is 1. The van der Waals surface area contributed by atoms with Crippen LogP contribution in [0.3, 0.4) is 0 Å². The van der Waals surface area contributed by atoms with Crippen LogP contribution in [0, 0.1) is 0 Å². The Morgan fingerprint density at radius 1 is 0.646 bits per heavy atom. The van der Waals surface area contributed by atoms with Gasteiger partial charge in [0.2, 0.25) is 5.91 Å². The molecule has 2 atom stereocenters. The molecule has 2 amide bonds. The Balaban J connectivity index is 0.000000206. The van der Waals surface area contributed by atoms with E-state index in [2.05, 4.69) is 26.6 Å². The lowest BCUT2D eigenvalue weighted by Crippen LogP contribution is -2.62. The Morgan fingerprint density at radius 3 is 1.54 bits per heavy atom. The van der Waals surface area contributed by atoms with E-state index in [0.717, 1.165) is 11.1 Å². The molecule has 0 saturated carbocycles. The number of carboxylic acids is 1. The van der Waals surface area contributed by atoms with Crippen LogP contribution in [0.4, 0.5) is 34.1 Å². The first kappa shape index (κ1) is 45.2. The predicted molar refractivity (Wildman–Crippen MR) is 245 cm³/mol. The van der Waals surface area contributed by atoms with E-state index in [1.165, 1.54) is 24.3 Å². The Morgan fingerprint density at radius 2 is 1.09 bits per heavy atom. The van der Waals surface area contributed by atoms with Gasteiger partial charge in [0.05, 0.1) is 41.2 Å². The first-order valence-corrected chi connectivity index (χ1v) is 21.1. The maximum atomic E-state index is 13.3. The van der Waals surface area contributed by atoms with Crippen molar-refractivity contribution in [2.45, 2.75) is 57.2 Å². The van der Waals surface area contributed by atoms with Gasteiger partial charge in [-0.05, 0) is 61.1 Å². The summed E-state index contributed by atoms with van der Waals surface area (Å²) < 4.78 is 5.40. The van der Waals surface area contributed by atoms with Gasteiger partial charge in [0.1, 0.15) is 34.9 Å². The molecule has 0 unspecified atom stereocenters. The molecule has 0 aromatic heterocycles. The van der Waals surface area contributed by atoms with E-state index < -0.39 is 39.0 Å². The van der Waals surface area contributed by atoms with Crippen molar-refractivity contribution in [1.29, 1.82) is 0 Å². The second-order valence-electron chi connectivity index (χ2n) is 15.9. The molecule has 2 saturated heterocycles. The van der Waals surface area contributed by atoms with Crippen LogP contribution >= 0.6 is 0 Å². The molecule has 8 N–H and O–H groups in total. The summed E-state index contributed by atoms with van der Waals surface area (Å²) >= 11 is 0. The number of aromatic carboxylic acids is 1. The highest BCUT2D eigenvalue weighted by Crippen LogP contribution is 2.36. The van der Waals surface area contributed by atoms with Gasteiger partial charge in [-0.25, -0.2) is 4.79 Å². The molecule has 1 spiro atoms. The third-order valence-electron chi connectivity index (χ3n) is 11.8. The fraction of sp³-hybridized carbons (Fsp3) is 0.271. The predicted octanol–water partition coefficient (Wildman–Crippen LogP) is 5.41. The minimum Gasteiger partial charge on any atom is -0.505 e. The first-order valence-electron chi connectivity index (χ1n) is 21.1.